The van der Waals surface area contributed by atoms with Crippen LogP contribution in [0.5, 0.6) is 5.75 Å². The summed E-state index contributed by atoms with van der Waals surface area (Å²) in [7, 11) is 1.46. The van der Waals surface area contributed by atoms with E-state index >= 15 is 0 Å². The summed E-state index contributed by atoms with van der Waals surface area (Å²) in [5.41, 5.74) is 1.75. The number of carbonyl (C=O) groups is 1. The molecule has 0 spiro atoms. The normalized spacial score (nSPS) is 15.8. The monoisotopic (exact) mass is 509 g/mol. The molecule has 3 rings (SSSR count). The molecule has 0 saturated heterocycles. The molecule has 0 radical (unpaired) electrons. The van der Waals surface area contributed by atoms with Gasteiger partial charge in [0.1, 0.15) is 11.6 Å². The molecule has 11 heteroatoms. The van der Waals surface area contributed by atoms with Crippen LogP contribution in [0.15, 0.2) is 58.4 Å². The van der Waals surface area contributed by atoms with E-state index in [2.05, 4.69) is 30.8 Å². The molecule has 1 unspecified atom stereocenters. The van der Waals surface area contributed by atoms with Gasteiger partial charge in [-0.15, -0.1) is 5.10 Å². The molecule has 164 valence electrons. The first-order chi connectivity index (χ1) is 15.0. The number of carbonyl (C=O) groups excluding carboxylic acids is 1. The topological polar surface area (TPSA) is 93.7 Å². The Hall–Kier alpha value is -2.47. The van der Waals surface area contributed by atoms with Crippen LogP contribution < -0.4 is 14.4 Å². The maximum Gasteiger partial charge on any atom is 0.218 e. The molecule has 1 aromatic heterocycles. The summed E-state index contributed by atoms with van der Waals surface area (Å²) in [4.78, 5) is 13.4. The second-order valence-electron chi connectivity index (χ2n) is 6.46. The lowest BCUT2D eigenvalue weighted by Gasteiger charge is -2.33. The Morgan fingerprint density at radius 1 is 1.45 bits per heavy atom. The number of hydrogen-bond acceptors (Lipinski definition) is 7. The van der Waals surface area contributed by atoms with Gasteiger partial charge in [-0.3, -0.25) is 9.69 Å². The molecule has 1 N–H and O–H groups in total. The van der Waals surface area contributed by atoms with Crippen molar-refractivity contribution in [3.05, 3.63) is 64.2 Å². The van der Waals surface area contributed by atoms with Gasteiger partial charge in [-0.25, -0.2) is 4.39 Å². The maximum absolute atomic E-state index is 14.2. The molecule has 0 saturated carbocycles. The van der Waals surface area contributed by atoms with E-state index in [4.69, 9.17) is 4.74 Å². The van der Waals surface area contributed by atoms with Crippen molar-refractivity contribution in [2.45, 2.75) is 13.3 Å². The van der Waals surface area contributed by atoms with Gasteiger partial charge in [0.15, 0.2) is 17.4 Å². The Labute approximate surface area is 191 Å². The number of anilines is 2. The molecule has 2 aromatic rings. The summed E-state index contributed by atoms with van der Waals surface area (Å²) in [6.45, 7) is 2.57. The van der Waals surface area contributed by atoms with Gasteiger partial charge in [0, 0.05) is 24.4 Å². The van der Waals surface area contributed by atoms with Crippen molar-refractivity contribution in [1.82, 2.24) is 14.5 Å². The van der Waals surface area contributed by atoms with Crippen LogP contribution in [0.25, 0.3) is 0 Å². The highest BCUT2D eigenvalue weighted by Crippen LogP contribution is 2.37. The van der Waals surface area contributed by atoms with Gasteiger partial charge < -0.3 is 9.29 Å². The van der Waals surface area contributed by atoms with Gasteiger partial charge >= 0.3 is 0 Å². The van der Waals surface area contributed by atoms with Crippen molar-refractivity contribution < 1.29 is 18.5 Å². The fourth-order valence-electron chi connectivity index (χ4n) is 3.16. The van der Waals surface area contributed by atoms with E-state index in [-0.39, 0.29) is 4.47 Å². The smallest absolute Gasteiger partial charge is 0.218 e. The zero-order chi connectivity index (χ0) is 22.4. The van der Waals surface area contributed by atoms with Crippen LogP contribution in [0.2, 0.25) is 0 Å². The van der Waals surface area contributed by atoms with Crippen molar-refractivity contribution >= 4 is 45.4 Å². The molecule has 1 aliphatic rings. The molecular formula is C20H21BrFN5O3S. The maximum atomic E-state index is 14.2. The number of nitrogens with zero attached hydrogens (tertiary/aromatic N) is 4. The molecule has 1 aliphatic heterocycles. The Balaban J connectivity index is 1.91. The predicted octanol–water partition coefficient (Wildman–Crippen LogP) is 3.58. The van der Waals surface area contributed by atoms with Gasteiger partial charge in [0.25, 0.3) is 0 Å². The first-order valence-corrected chi connectivity index (χ1v) is 11.2. The van der Waals surface area contributed by atoms with Crippen molar-refractivity contribution in [3.63, 3.8) is 0 Å². The fraction of sp³-hybridized carbons (Fsp3) is 0.250. The van der Waals surface area contributed by atoms with E-state index in [1.54, 1.807) is 16.4 Å². The third-order valence-electron chi connectivity index (χ3n) is 4.56. The van der Waals surface area contributed by atoms with Crippen LogP contribution in [-0.4, -0.2) is 45.7 Å². The molecule has 1 atom stereocenters. The highest BCUT2D eigenvalue weighted by atomic mass is 79.9. The van der Waals surface area contributed by atoms with Crippen LogP contribution >= 0.6 is 15.9 Å². The van der Waals surface area contributed by atoms with Crippen molar-refractivity contribution in [2.24, 2.45) is 0 Å². The predicted molar refractivity (Wildman–Crippen MR) is 121 cm³/mol. The van der Waals surface area contributed by atoms with E-state index in [1.807, 2.05) is 19.1 Å². The minimum atomic E-state index is -1.55. The van der Waals surface area contributed by atoms with Gasteiger partial charge in [-0.05, 0) is 46.6 Å². The van der Waals surface area contributed by atoms with Crippen molar-refractivity contribution in [2.75, 3.05) is 29.8 Å². The van der Waals surface area contributed by atoms with Crippen LogP contribution in [-0.2, 0) is 16.3 Å². The van der Waals surface area contributed by atoms with Gasteiger partial charge in [0.05, 0.1) is 30.4 Å². The average molecular weight is 510 g/mol. The summed E-state index contributed by atoms with van der Waals surface area (Å²) in [6.07, 6.45) is 6.25. The highest BCUT2D eigenvalue weighted by Gasteiger charge is 2.31. The van der Waals surface area contributed by atoms with Gasteiger partial charge in [-0.1, -0.05) is 16.5 Å². The van der Waals surface area contributed by atoms with Gasteiger partial charge in [0.2, 0.25) is 6.41 Å². The Bertz CT molecular complexity index is 992. The fourth-order valence-corrected chi connectivity index (χ4v) is 4.42. The molecule has 31 heavy (non-hydrogen) atoms. The number of halogens is 2. The lowest BCUT2D eigenvalue weighted by Crippen LogP contribution is -2.42. The van der Waals surface area contributed by atoms with Crippen LogP contribution in [0.1, 0.15) is 13.3 Å². The summed E-state index contributed by atoms with van der Waals surface area (Å²) >= 11 is 1.58. The van der Waals surface area contributed by atoms with E-state index < -0.39 is 17.4 Å². The Morgan fingerprint density at radius 3 is 2.90 bits per heavy atom. The van der Waals surface area contributed by atoms with Crippen LogP contribution in [0.3, 0.4) is 0 Å². The largest absolute Gasteiger partial charge is 0.573 e. The zero-order valence-corrected chi connectivity index (χ0v) is 19.3. The number of allylic oxidation sites excluding steroid dienone is 1. The third-order valence-corrected chi connectivity index (χ3v) is 6.33. The number of methoxy groups -OCH3 is 1. The number of aromatic nitrogens is 2. The van der Waals surface area contributed by atoms with Crippen LogP contribution in [0.4, 0.5) is 15.9 Å². The first kappa shape index (κ1) is 23.2. The molecule has 2 heterocycles. The number of rotatable bonds is 8. The Kier molecular flexibility index (Phi) is 8.02. The van der Waals surface area contributed by atoms with E-state index in [9.17, 15) is 13.7 Å². The summed E-state index contributed by atoms with van der Waals surface area (Å²) < 4.78 is 37.1. The zero-order valence-electron chi connectivity index (χ0n) is 16.9. The second-order valence-corrected chi connectivity index (χ2v) is 8.53. The molecule has 8 nitrogen and oxygen atoms in total. The molecule has 1 aromatic carbocycles. The molecule has 1 amide bonds. The van der Waals surface area contributed by atoms with E-state index in [0.717, 1.165) is 5.57 Å². The minimum Gasteiger partial charge on any atom is -0.573 e. The number of hydrogen-bond donors (Lipinski definition) is 1. The Morgan fingerprint density at radius 2 is 2.26 bits per heavy atom. The van der Waals surface area contributed by atoms with E-state index in [0.29, 0.717) is 48.9 Å². The molecular weight excluding hydrogens is 489 g/mol. The number of benzene rings is 1. The number of amides is 1. The molecule has 0 bridgehead atoms. The molecule has 0 fully saturated rings. The lowest BCUT2D eigenvalue weighted by atomic mass is 10.0. The third kappa shape index (κ3) is 5.42. The summed E-state index contributed by atoms with van der Waals surface area (Å²) in [5, 5.41) is 7.64. The second kappa shape index (κ2) is 10.7. The van der Waals surface area contributed by atoms with Crippen molar-refractivity contribution in [3.8, 4) is 5.75 Å². The summed E-state index contributed by atoms with van der Waals surface area (Å²) in [6, 6.07) is 6.09. The number of ether oxygens (including phenoxy) is 1. The minimum absolute atomic E-state index is 0.238. The van der Waals surface area contributed by atoms with Crippen LogP contribution in [0, 0.1) is 5.82 Å². The first-order valence-electron chi connectivity index (χ1n) is 9.32. The molecule has 0 aliphatic carbocycles. The standard InChI is InChI=1S/C20H21BrFN5O3S/c1-3-5-14-12-26(31(29)25-20-6-4-8-23-24-20)9-7-17(14)27(13-28)18-11-16(22)15(21)10-19(18)30-2/h3-6,8,10-11,13H,7,9,12H2,1-2H3,(H,24,25)/b5-3-. The quantitative estimate of drug-likeness (QED) is 0.429. The lowest BCUT2D eigenvalue weighted by molar-refractivity contribution is -0.107. The number of nitrogens with one attached hydrogen (secondary N) is 1. The van der Waals surface area contributed by atoms with Gasteiger partial charge in [-0.2, -0.15) is 9.82 Å². The highest BCUT2D eigenvalue weighted by molar-refractivity contribution is 9.10. The summed E-state index contributed by atoms with van der Waals surface area (Å²) in [5.74, 6) is 0.235. The van der Waals surface area contributed by atoms with E-state index in [1.165, 1.54) is 30.3 Å². The SMILES string of the molecule is C/C=C\C1=C(N(C=O)c2cc(F)c(Br)cc2OC)CCN([S+]([O-])Nc2cccnn2)C1. The van der Waals surface area contributed by atoms with Crippen molar-refractivity contribution in [1.29, 1.82) is 0 Å². The average Bonchev–Trinajstić information content (AvgIpc) is 2.78.